The van der Waals surface area contributed by atoms with Gasteiger partial charge in [-0.1, -0.05) is 0 Å². The Bertz CT molecular complexity index is 365. The number of carbonyl (C=O) groups is 1. The van der Waals surface area contributed by atoms with E-state index in [1.54, 1.807) is 13.2 Å². The molecule has 0 saturated heterocycles. The van der Waals surface area contributed by atoms with Gasteiger partial charge in [0.1, 0.15) is 11.5 Å². The Morgan fingerprint density at radius 3 is 2.81 bits per heavy atom. The highest BCUT2D eigenvalue weighted by Gasteiger charge is 2.11. The van der Waals surface area contributed by atoms with Gasteiger partial charge in [0.15, 0.2) is 0 Å². The molecule has 1 amide bonds. The Hall–Kier alpha value is -1.75. The molecule has 5 heteroatoms. The van der Waals surface area contributed by atoms with Gasteiger partial charge in [0.2, 0.25) is 0 Å². The number of phenols is 1. The van der Waals surface area contributed by atoms with Crippen LogP contribution in [0.4, 0.5) is 0 Å². The molecule has 88 valence electrons. The zero-order chi connectivity index (χ0) is 12.0. The number of ether oxygens (including phenoxy) is 2. The van der Waals surface area contributed by atoms with E-state index >= 15 is 0 Å². The Morgan fingerprint density at radius 2 is 2.19 bits per heavy atom. The van der Waals surface area contributed by atoms with Gasteiger partial charge in [-0.2, -0.15) is 0 Å². The molecule has 0 bridgehead atoms. The van der Waals surface area contributed by atoms with Crippen molar-refractivity contribution in [3.63, 3.8) is 0 Å². The molecule has 0 radical (unpaired) electrons. The third-order valence-corrected chi connectivity index (χ3v) is 2.04. The molecular formula is C11H15NO4. The van der Waals surface area contributed by atoms with E-state index in [2.05, 4.69) is 5.32 Å². The summed E-state index contributed by atoms with van der Waals surface area (Å²) >= 11 is 0. The fourth-order valence-electron chi connectivity index (χ4n) is 1.19. The monoisotopic (exact) mass is 225 g/mol. The Balaban J connectivity index is 2.73. The minimum Gasteiger partial charge on any atom is -0.507 e. The van der Waals surface area contributed by atoms with Crippen LogP contribution in [0.3, 0.4) is 0 Å². The number of phenolic OH excluding ortho intramolecular Hbond substituents is 1. The highest BCUT2D eigenvalue weighted by Crippen LogP contribution is 2.22. The number of amides is 1. The maximum absolute atomic E-state index is 11.6. The average molecular weight is 225 g/mol. The summed E-state index contributed by atoms with van der Waals surface area (Å²) in [6.45, 7) is 0.822. The van der Waals surface area contributed by atoms with E-state index in [4.69, 9.17) is 9.47 Å². The van der Waals surface area contributed by atoms with Crippen LogP contribution in [-0.2, 0) is 4.74 Å². The first-order valence-corrected chi connectivity index (χ1v) is 4.83. The molecule has 0 fully saturated rings. The first-order chi connectivity index (χ1) is 7.69. The number of rotatable bonds is 5. The van der Waals surface area contributed by atoms with Gasteiger partial charge in [0.25, 0.3) is 5.91 Å². The van der Waals surface area contributed by atoms with Gasteiger partial charge in [0, 0.05) is 13.7 Å². The second kappa shape index (κ2) is 5.97. The van der Waals surface area contributed by atoms with Crippen LogP contribution in [0.5, 0.6) is 11.5 Å². The van der Waals surface area contributed by atoms with Crippen LogP contribution >= 0.6 is 0 Å². The number of carbonyl (C=O) groups excluding carboxylic acids is 1. The lowest BCUT2D eigenvalue weighted by Crippen LogP contribution is -2.26. The molecule has 2 N–H and O–H groups in total. The minimum atomic E-state index is -0.353. The molecule has 0 aromatic heterocycles. The molecule has 0 spiro atoms. The molecule has 0 atom stereocenters. The number of hydrogen-bond donors (Lipinski definition) is 2. The van der Waals surface area contributed by atoms with Crippen LogP contribution in [0, 0.1) is 0 Å². The van der Waals surface area contributed by atoms with Crippen LogP contribution in [0.1, 0.15) is 10.4 Å². The van der Waals surface area contributed by atoms with Crippen LogP contribution in [-0.4, -0.2) is 38.4 Å². The summed E-state index contributed by atoms with van der Waals surface area (Å²) in [4.78, 5) is 11.6. The van der Waals surface area contributed by atoms with E-state index in [-0.39, 0.29) is 17.2 Å². The average Bonchev–Trinajstić information content (AvgIpc) is 2.30. The van der Waals surface area contributed by atoms with Gasteiger partial charge in [-0.05, 0) is 18.2 Å². The molecule has 0 heterocycles. The lowest BCUT2D eigenvalue weighted by atomic mass is 10.2. The first kappa shape index (κ1) is 12.3. The lowest BCUT2D eigenvalue weighted by molar-refractivity contribution is 0.0934. The van der Waals surface area contributed by atoms with E-state index in [9.17, 15) is 9.90 Å². The molecular weight excluding hydrogens is 210 g/mol. The summed E-state index contributed by atoms with van der Waals surface area (Å²) in [6.07, 6.45) is 0. The van der Waals surface area contributed by atoms with E-state index in [0.717, 1.165) is 0 Å². The van der Waals surface area contributed by atoms with Crippen molar-refractivity contribution < 1.29 is 19.4 Å². The van der Waals surface area contributed by atoms with Crippen molar-refractivity contribution in [2.75, 3.05) is 27.4 Å². The summed E-state index contributed by atoms with van der Waals surface area (Å²) in [5.41, 5.74) is 0.190. The first-order valence-electron chi connectivity index (χ1n) is 4.83. The molecule has 0 saturated carbocycles. The van der Waals surface area contributed by atoms with Gasteiger partial charge < -0.3 is 19.9 Å². The second-order valence-corrected chi connectivity index (χ2v) is 3.13. The lowest BCUT2D eigenvalue weighted by Gasteiger charge is -2.07. The summed E-state index contributed by atoms with van der Waals surface area (Å²) in [5.74, 6) is 0.0962. The van der Waals surface area contributed by atoms with Gasteiger partial charge in [-0.15, -0.1) is 0 Å². The standard InChI is InChI=1S/C11H15NO4/c1-15-6-5-12-11(14)9-7-8(16-2)3-4-10(9)13/h3-4,7,13H,5-6H2,1-2H3,(H,12,14). The van der Waals surface area contributed by atoms with Crippen molar-refractivity contribution in [3.8, 4) is 11.5 Å². The highest BCUT2D eigenvalue weighted by atomic mass is 16.5. The molecule has 0 aliphatic rings. The highest BCUT2D eigenvalue weighted by molar-refractivity contribution is 5.97. The number of hydrogen-bond acceptors (Lipinski definition) is 4. The van der Waals surface area contributed by atoms with E-state index in [1.165, 1.54) is 19.2 Å². The zero-order valence-corrected chi connectivity index (χ0v) is 9.32. The summed E-state index contributed by atoms with van der Waals surface area (Å²) in [5, 5.41) is 12.1. The summed E-state index contributed by atoms with van der Waals surface area (Å²) < 4.78 is 9.77. The van der Waals surface area contributed by atoms with Crippen LogP contribution < -0.4 is 10.1 Å². The fourth-order valence-corrected chi connectivity index (χ4v) is 1.19. The molecule has 1 rings (SSSR count). The van der Waals surface area contributed by atoms with Crippen LogP contribution in [0.15, 0.2) is 18.2 Å². The Kier molecular flexibility index (Phi) is 4.60. The van der Waals surface area contributed by atoms with E-state index < -0.39 is 0 Å². The number of benzene rings is 1. The Labute approximate surface area is 94.0 Å². The van der Waals surface area contributed by atoms with Gasteiger partial charge >= 0.3 is 0 Å². The third-order valence-electron chi connectivity index (χ3n) is 2.04. The van der Waals surface area contributed by atoms with Crippen molar-refractivity contribution >= 4 is 5.91 Å². The zero-order valence-electron chi connectivity index (χ0n) is 9.32. The SMILES string of the molecule is COCCNC(=O)c1cc(OC)ccc1O. The van der Waals surface area contributed by atoms with E-state index in [1.807, 2.05) is 0 Å². The van der Waals surface area contributed by atoms with Crippen molar-refractivity contribution in [1.82, 2.24) is 5.32 Å². The Morgan fingerprint density at radius 1 is 1.44 bits per heavy atom. The van der Waals surface area contributed by atoms with Gasteiger partial charge in [0.05, 0.1) is 19.3 Å². The predicted octanol–water partition coefficient (Wildman–Crippen LogP) is 0.777. The number of methoxy groups -OCH3 is 2. The predicted molar refractivity (Wildman–Crippen MR) is 58.9 cm³/mol. The number of nitrogens with one attached hydrogen (secondary N) is 1. The minimum absolute atomic E-state index is 0.0734. The molecule has 5 nitrogen and oxygen atoms in total. The molecule has 0 aliphatic carbocycles. The van der Waals surface area contributed by atoms with Gasteiger partial charge in [-0.25, -0.2) is 0 Å². The summed E-state index contributed by atoms with van der Waals surface area (Å²) in [7, 11) is 3.05. The van der Waals surface area contributed by atoms with Crippen molar-refractivity contribution in [3.05, 3.63) is 23.8 Å². The molecule has 0 aliphatic heterocycles. The van der Waals surface area contributed by atoms with Crippen molar-refractivity contribution in [2.24, 2.45) is 0 Å². The maximum Gasteiger partial charge on any atom is 0.255 e. The van der Waals surface area contributed by atoms with Crippen molar-refractivity contribution in [1.29, 1.82) is 0 Å². The van der Waals surface area contributed by atoms with Crippen LogP contribution in [0.2, 0.25) is 0 Å². The third kappa shape index (κ3) is 3.13. The molecule has 0 unspecified atom stereocenters. The summed E-state index contributed by atoms with van der Waals surface area (Å²) in [6, 6.07) is 4.49. The molecule has 1 aromatic carbocycles. The van der Waals surface area contributed by atoms with Crippen LogP contribution in [0.25, 0.3) is 0 Å². The topological polar surface area (TPSA) is 67.8 Å². The second-order valence-electron chi connectivity index (χ2n) is 3.13. The van der Waals surface area contributed by atoms with Gasteiger partial charge in [-0.3, -0.25) is 4.79 Å². The number of aromatic hydroxyl groups is 1. The normalized spacial score (nSPS) is 9.88. The quantitative estimate of drug-likeness (QED) is 0.726. The maximum atomic E-state index is 11.6. The fraction of sp³-hybridized carbons (Fsp3) is 0.364. The van der Waals surface area contributed by atoms with E-state index in [0.29, 0.717) is 18.9 Å². The van der Waals surface area contributed by atoms with Crippen molar-refractivity contribution in [2.45, 2.75) is 0 Å². The largest absolute Gasteiger partial charge is 0.507 e. The molecule has 16 heavy (non-hydrogen) atoms. The molecule has 1 aromatic rings. The smallest absolute Gasteiger partial charge is 0.255 e.